The fraction of sp³-hybridized carbons (Fsp3) is 0.214. The highest BCUT2D eigenvalue weighted by molar-refractivity contribution is 5.79. The molecule has 2 aromatic rings. The Balaban J connectivity index is 1.86. The maximum atomic E-state index is 13.4. The molecule has 2 aromatic heterocycles. The Labute approximate surface area is 117 Å². The molecule has 104 valence electrons. The standard InChI is InChI=1S/C14H16FN5/c1-16-14(19-9-11-5-2-3-7-17-11)20-10-13-12(15)6-4-8-18-13/h2-8H,9-10H2,1H3,(H2,16,19,20). The molecule has 0 spiro atoms. The quantitative estimate of drug-likeness (QED) is 0.654. The minimum atomic E-state index is -0.333. The molecule has 0 saturated heterocycles. The van der Waals surface area contributed by atoms with Crippen molar-refractivity contribution in [3.63, 3.8) is 0 Å². The lowest BCUT2D eigenvalue weighted by Gasteiger charge is -2.11. The van der Waals surface area contributed by atoms with Gasteiger partial charge in [0.1, 0.15) is 5.82 Å². The maximum Gasteiger partial charge on any atom is 0.191 e. The average Bonchev–Trinajstić information content (AvgIpc) is 2.50. The van der Waals surface area contributed by atoms with Crippen LogP contribution in [-0.2, 0) is 13.1 Å². The molecule has 20 heavy (non-hydrogen) atoms. The summed E-state index contributed by atoms with van der Waals surface area (Å²) in [6.07, 6.45) is 3.29. The van der Waals surface area contributed by atoms with Gasteiger partial charge in [-0.3, -0.25) is 15.0 Å². The van der Waals surface area contributed by atoms with Crippen molar-refractivity contribution in [2.45, 2.75) is 13.1 Å². The number of hydrogen-bond donors (Lipinski definition) is 2. The normalized spacial score (nSPS) is 11.2. The summed E-state index contributed by atoms with van der Waals surface area (Å²) < 4.78 is 13.4. The molecule has 6 heteroatoms. The Hall–Kier alpha value is -2.50. The molecule has 2 N–H and O–H groups in total. The van der Waals surface area contributed by atoms with E-state index in [0.717, 1.165) is 5.69 Å². The van der Waals surface area contributed by atoms with Gasteiger partial charge < -0.3 is 10.6 Å². The number of hydrogen-bond acceptors (Lipinski definition) is 3. The molecular weight excluding hydrogens is 257 g/mol. The number of pyridine rings is 2. The van der Waals surface area contributed by atoms with E-state index in [4.69, 9.17) is 0 Å². The molecule has 0 atom stereocenters. The van der Waals surface area contributed by atoms with E-state index in [1.54, 1.807) is 25.5 Å². The molecular formula is C14H16FN5. The molecule has 5 nitrogen and oxygen atoms in total. The van der Waals surface area contributed by atoms with Crippen molar-refractivity contribution in [3.8, 4) is 0 Å². The van der Waals surface area contributed by atoms with Crippen LogP contribution in [0.5, 0.6) is 0 Å². The fourth-order valence-electron chi connectivity index (χ4n) is 1.61. The third-order valence-corrected chi connectivity index (χ3v) is 2.64. The maximum absolute atomic E-state index is 13.4. The first kappa shape index (κ1) is 13.9. The Morgan fingerprint density at radius 3 is 2.60 bits per heavy atom. The van der Waals surface area contributed by atoms with E-state index in [1.807, 2.05) is 18.2 Å². The zero-order valence-corrected chi connectivity index (χ0v) is 11.2. The second kappa shape index (κ2) is 7.18. The third kappa shape index (κ3) is 4.01. The summed E-state index contributed by atoms with van der Waals surface area (Å²) in [5.74, 6) is 0.237. The lowest BCUT2D eigenvalue weighted by atomic mass is 10.3. The highest BCUT2D eigenvalue weighted by Gasteiger charge is 2.04. The van der Waals surface area contributed by atoms with Crippen LogP contribution in [0.15, 0.2) is 47.7 Å². The number of aromatic nitrogens is 2. The molecule has 0 aliphatic rings. The number of rotatable bonds is 4. The molecule has 0 aromatic carbocycles. The molecule has 0 bridgehead atoms. The van der Waals surface area contributed by atoms with Gasteiger partial charge in [0, 0.05) is 19.4 Å². The summed E-state index contributed by atoms with van der Waals surface area (Å²) in [5.41, 5.74) is 1.26. The van der Waals surface area contributed by atoms with Crippen LogP contribution in [0.4, 0.5) is 4.39 Å². The summed E-state index contributed by atoms with van der Waals surface area (Å²) in [4.78, 5) is 12.2. The van der Waals surface area contributed by atoms with Crippen molar-refractivity contribution >= 4 is 5.96 Å². The van der Waals surface area contributed by atoms with E-state index in [-0.39, 0.29) is 12.4 Å². The van der Waals surface area contributed by atoms with Gasteiger partial charge in [-0.15, -0.1) is 0 Å². The van der Waals surface area contributed by atoms with Crippen LogP contribution in [-0.4, -0.2) is 23.0 Å². The molecule has 2 heterocycles. The Morgan fingerprint density at radius 2 is 1.90 bits per heavy atom. The third-order valence-electron chi connectivity index (χ3n) is 2.64. The minimum Gasteiger partial charge on any atom is -0.351 e. The van der Waals surface area contributed by atoms with Crippen LogP contribution in [0.1, 0.15) is 11.4 Å². The number of aliphatic imine (C=N–C) groups is 1. The predicted molar refractivity (Wildman–Crippen MR) is 75.5 cm³/mol. The van der Waals surface area contributed by atoms with Gasteiger partial charge in [-0.05, 0) is 24.3 Å². The Bertz CT molecular complexity index is 571. The first-order chi connectivity index (χ1) is 9.79. The van der Waals surface area contributed by atoms with Crippen molar-refractivity contribution < 1.29 is 4.39 Å². The minimum absolute atomic E-state index is 0.272. The van der Waals surface area contributed by atoms with Crippen LogP contribution < -0.4 is 10.6 Å². The van der Waals surface area contributed by atoms with Crippen molar-refractivity contribution in [1.29, 1.82) is 0 Å². The van der Waals surface area contributed by atoms with Gasteiger partial charge in [0.2, 0.25) is 0 Å². The number of halogens is 1. The van der Waals surface area contributed by atoms with Crippen molar-refractivity contribution in [2.24, 2.45) is 4.99 Å². The van der Waals surface area contributed by atoms with E-state index in [1.165, 1.54) is 6.07 Å². The van der Waals surface area contributed by atoms with Gasteiger partial charge >= 0.3 is 0 Å². The van der Waals surface area contributed by atoms with Crippen LogP contribution >= 0.6 is 0 Å². The predicted octanol–water partition coefficient (Wildman–Crippen LogP) is 1.48. The zero-order valence-electron chi connectivity index (χ0n) is 11.2. The second-order valence-electron chi connectivity index (χ2n) is 4.03. The number of nitrogens with one attached hydrogen (secondary N) is 2. The lowest BCUT2D eigenvalue weighted by molar-refractivity contribution is 0.592. The zero-order chi connectivity index (χ0) is 14.2. The van der Waals surface area contributed by atoms with Gasteiger partial charge in [0.05, 0.1) is 24.5 Å². The van der Waals surface area contributed by atoms with E-state index >= 15 is 0 Å². The van der Waals surface area contributed by atoms with E-state index in [2.05, 4.69) is 25.6 Å². The molecule has 0 unspecified atom stereocenters. The Morgan fingerprint density at radius 1 is 1.10 bits per heavy atom. The van der Waals surface area contributed by atoms with E-state index in [0.29, 0.717) is 18.2 Å². The van der Waals surface area contributed by atoms with Gasteiger partial charge in [-0.1, -0.05) is 6.07 Å². The van der Waals surface area contributed by atoms with Gasteiger partial charge in [-0.2, -0.15) is 0 Å². The van der Waals surface area contributed by atoms with Crippen LogP contribution in [0.3, 0.4) is 0 Å². The smallest absolute Gasteiger partial charge is 0.191 e. The average molecular weight is 273 g/mol. The summed E-state index contributed by atoms with van der Waals surface area (Å²) in [7, 11) is 1.66. The van der Waals surface area contributed by atoms with Crippen LogP contribution in [0.2, 0.25) is 0 Å². The molecule has 0 radical (unpaired) electrons. The van der Waals surface area contributed by atoms with Crippen molar-refractivity contribution in [1.82, 2.24) is 20.6 Å². The first-order valence-electron chi connectivity index (χ1n) is 6.23. The molecule has 0 aliphatic heterocycles. The molecule has 0 amide bonds. The van der Waals surface area contributed by atoms with Gasteiger partial charge in [-0.25, -0.2) is 4.39 Å². The monoisotopic (exact) mass is 273 g/mol. The highest BCUT2D eigenvalue weighted by Crippen LogP contribution is 2.01. The summed E-state index contributed by atoms with van der Waals surface area (Å²) in [6, 6.07) is 8.64. The first-order valence-corrected chi connectivity index (χ1v) is 6.23. The topological polar surface area (TPSA) is 62.2 Å². The SMILES string of the molecule is CN=C(NCc1ccccn1)NCc1ncccc1F. The second-order valence-corrected chi connectivity index (χ2v) is 4.03. The number of guanidine groups is 1. The summed E-state index contributed by atoms with van der Waals surface area (Å²) in [5, 5.41) is 6.11. The van der Waals surface area contributed by atoms with E-state index < -0.39 is 0 Å². The van der Waals surface area contributed by atoms with Crippen LogP contribution in [0, 0.1) is 5.82 Å². The molecule has 2 rings (SSSR count). The van der Waals surface area contributed by atoms with Gasteiger partial charge in [0.25, 0.3) is 0 Å². The van der Waals surface area contributed by atoms with Gasteiger partial charge in [0.15, 0.2) is 5.96 Å². The van der Waals surface area contributed by atoms with Crippen molar-refractivity contribution in [2.75, 3.05) is 7.05 Å². The summed E-state index contributed by atoms with van der Waals surface area (Å²) in [6.45, 7) is 0.819. The van der Waals surface area contributed by atoms with Crippen molar-refractivity contribution in [3.05, 3.63) is 59.9 Å². The molecule has 0 fully saturated rings. The Kier molecular flexibility index (Phi) is 5.00. The lowest BCUT2D eigenvalue weighted by Crippen LogP contribution is -2.36. The highest BCUT2D eigenvalue weighted by atomic mass is 19.1. The number of nitrogens with zero attached hydrogens (tertiary/aromatic N) is 3. The van der Waals surface area contributed by atoms with E-state index in [9.17, 15) is 4.39 Å². The fourth-order valence-corrected chi connectivity index (χ4v) is 1.61. The molecule has 0 saturated carbocycles. The largest absolute Gasteiger partial charge is 0.351 e. The van der Waals surface area contributed by atoms with Crippen LogP contribution in [0.25, 0.3) is 0 Å². The molecule has 0 aliphatic carbocycles. The summed E-state index contributed by atoms with van der Waals surface area (Å²) >= 11 is 0.